The van der Waals surface area contributed by atoms with Crippen LogP contribution in [0.2, 0.25) is 0 Å². The van der Waals surface area contributed by atoms with Gasteiger partial charge in [-0.05, 0) is 37.0 Å². The van der Waals surface area contributed by atoms with Gasteiger partial charge in [0.05, 0.1) is 23.7 Å². The maximum atomic E-state index is 12.9. The maximum Gasteiger partial charge on any atom is 0.243 e. The van der Waals surface area contributed by atoms with Gasteiger partial charge in [-0.25, -0.2) is 8.42 Å². The Bertz CT molecular complexity index is 688. The second kappa shape index (κ2) is 9.01. The molecule has 1 saturated heterocycles. The zero-order chi connectivity index (χ0) is 20.2. The van der Waals surface area contributed by atoms with E-state index in [1.807, 2.05) is 26.0 Å². The number of benzene rings is 1. The number of rotatable bonds is 7. The van der Waals surface area contributed by atoms with Crippen LogP contribution in [-0.4, -0.2) is 74.3 Å². The molecule has 1 aliphatic rings. The molecule has 1 heterocycles. The summed E-state index contributed by atoms with van der Waals surface area (Å²) < 4.78 is 32.7. The van der Waals surface area contributed by atoms with Crippen molar-refractivity contribution in [1.82, 2.24) is 9.21 Å². The number of ether oxygens (including phenoxy) is 1. The fraction of sp³-hybridized carbons (Fsp3) is 0.700. The van der Waals surface area contributed by atoms with Crippen molar-refractivity contribution in [1.29, 1.82) is 0 Å². The van der Waals surface area contributed by atoms with E-state index in [0.717, 1.165) is 5.56 Å². The summed E-state index contributed by atoms with van der Waals surface area (Å²) in [4.78, 5) is 2.43. The molecular formula is C20H34N2O4S. The quantitative estimate of drug-likeness (QED) is 0.761. The molecule has 0 spiro atoms. The van der Waals surface area contributed by atoms with E-state index in [9.17, 15) is 13.5 Å². The average Bonchev–Trinajstić information content (AvgIpc) is 2.60. The van der Waals surface area contributed by atoms with Crippen LogP contribution in [0.25, 0.3) is 0 Å². The standard InChI is InChI=1S/C20H34N2O4S/c1-16(2)26-15-18(23)14-21-10-12-22(13-11-21)27(24,25)19-8-6-17(7-9-19)20(3,4)5/h6-9,16,18,23H,10-15H2,1-5H3. The van der Waals surface area contributed by atoms with Gasteiger partial charge in [0.15, 0.2) is 0 Å². The molecule has 0 bridgehead atoms. The highest BCUT2D eigenvalue weighted by Gasteiger charge is 2.29. The molecule has 1 aliphatic heterocycles. The van der Waals surface area contributed by atoms with Gasteiger partial charge in [-0.15, -0.1) is 0 Å². The lowest BCUT2D eigenvalue weighted by Gasteiger charge is -2.35. The van der Waals surface area contributed by atoms with Crippen LogP contribution in [0.15, 0.2) is 29.2 Å². The van der Waals surface area contributed by atoms with Crippen LogP contribution >= 0.6 is 0 Å². The van der Waals surface area contributed by atoms with Crippen LogP contribution in [0, 0.1) is 0 Å². The largest absolute Gasteiger partial charge is 0.389 e. The molecule has 1 unspecified atom stereocenters. The molecule has 6 nitrogen and oxygen atoms in total. The van der Waals surface area contributed by atoms with Gasteiger partial charge in [0.1, 0.15) is 0 Å². The highest BCUT2D eigenvalue weighted by Crippen LogP contribution is 2.25. The fourth-order valence-corrected chi connectivity index (χ4v) is 4.50. The minimum Gasteiger partial charge on any atom is -0.389 e. The van der Waals surface area contributed by atoms with Gasteiger partial charge < -0.3 is 9.84 Å². The second-order valence-electron chi connectivity index (χ2n) is 8.51. The summed E-state index contributed by atoms with van der Waals surface area (Å²) in [7, 11) is -3.48. The average molecular weight is 399 g/mol. The third-order valence-electron chi connectivity index (χ3n) is 4.78. The smallest absolute Gasteiger partial charge is 0.243 e. The number of β-amino-alcohol motifs (C(OH)–C–C–N with tert-alkyl or cyclic N) is 1. The van der Waals surface area contributed by atoms with Crippen molar-refractivity contribution in [2.45, 2.75) is 57.1 Å². The Hall–Kier alpha value is -0.990. The summed E-state index contributed by atoms with van der Waals surface area (Å²) in [5.74, 6) is 0. The monoisotopic (exact) mass is 398 g/mol. The van der Waals surface area contributed by atoms with E-state index in [4.69, 9.17) is 4.74 Å². The van der Waals surface area contributed by atoms with Gasteiger partial charge in [-0.2, -0.15) is 4.31 Å². The first kappa shape index (κ1) is 22.3. The van der Waals surface area contributed by atoms with Crippen LogP contribution in [-0.2, 0) is 20.2 Å². The molecule has 27 heavy (non-hydrogen) atoms. The molecular weight excluding hydrogens is 364 g/mol. The van der Waals surface area contributed by atoms with Gasteiger partial charge in [-0.3, -0.25) is 4.90 Å². The van der Waals surface area contributed by atoms with E-state index in [1.54, 1.807) is 12.1 Å². The molecule has 1 N–H and O–H groups in total. The molecule has 0 aliphatic carbocycles. The third-order valence-corrected chi connectivity index (χ3v) is 6.69. The molecule has 1 aromatic rings. The van der Waals surface area contributed by atoms with Crippen LogP contribution in [0.5, 0.6) is 0 Å². The van der Waals surface area contributed by atoms with Gasteiger partial charge in [0.25, 0.3) is 0 Å². The first-order valence-electron chi connectivity index (χ1n) is 9.63. The van der Waals surface area contributed by atoms with Crippen molar-refractivity contribution in [3.8, 4) is 0 Å². The zero-order valence-corrected chi connectivity index (χ0v) is 18.0. The zero-order valence-electron chi connectivity index (χ0n) is 17.2. The van der Waals surface area contributed by atoms with Crippen LogP contribution < -0.4 is 0 Å². The number of hydrogen-bond acceptors (Lipinski definition) is 5. The van der Waals surface area contributed by atoms with Crippen molar-refractivity contribution < 1.29 is 18.3 Å². The number of nitrogens with zero attached hydrogens (tertiary/aromatic N) is 2. The molecule has 1 fully saturated rings. The van der Waals surface area contributed by atoms with Gasteiger partial charge in [-0.1, -0.05) is 32.9 Å². The van der Waals surface area contributed by atoms with Gasteiger partial charge in [0, 0.05) is 32.7 Å². The number of hydrogen-bond donors (Lipinski definition) is 1. The molecule has 0 radical (unpaired) electrons. The van der Waals surface area contributed by atoms with Crippen LogP contribution in [0.3, 0.4) is 0 Å². The molecule has 0 aromatic heterocycles. The van der Waals surface area contributed by atoms with E-state index in [-0.39, 0.29) is 11.5 Å². The molecule has 0 saturated carbocycles. The number of aliphatic hydroxyl groups excluding tert-OH is 1. The minimum atomic E-state index is -3.48. The summed E-state index contributed by atoms with van der Waals surface area (Å²) >= 11 is 0. The Labute approximate surface area is 164 Å². The topological polar surface area (TPSA) is 70.1 Å². The minimum absolute atomic E-state index is 0.00592. The third kappa shape index (κ3) is 6.26. The number of sulfonamides is 1. The van der Waals surface area contributed by atoms with Gasteiger partial charge >= 0.3 is 0 Å². The lowest BCUT2D eigenvalue weighted by Crippen LogP contribution is -2.50. The maximum absolute atomic E-state index is 12.9. The molecule has 2 rings (SSSR count). The highest BCUT2D eigenvalue weighted by atomic mass is 32.2. The number of aliphatic hydroxyl groups is 1. The lowest BCUT2D eigenvalue weighted by molar-refractivity contribution is -0.0117. The van der Waals surface area contributed by atoms with E-state index in [0.29, 0.717) is 44.2 Å². The molecule has 7 heteroatoms. The Kier molecular flexibility index (Phi) is 7.44. The predicted octanol–water partition coefficient (Wildman–Crippen LogP) is 2.08. The van der Waals surface area contributed by atoms with Crippen molar-refractivity contribution in [2.24, 2.45) is 0 Å². The summed E-state index contributed by atoms with van der Waals surface area (Å²) in [5.41, 5.74) is 1.11. The van der Waals surface area contributed by atoms with Crippen molar-refractivity contribution in [2.75, 3.05) is 39.3 Å². The Morgan fingerprint density at radius 1 is 1.07 bits per heavy atom. The molecule has 0 amide bonds. The summed E-state index contributed by atoms with van der Waals surface area (Å²) in [6, 6.07) is 7.20. The SMILES string of the molecule is CC(C)OCC(O)CN1CCN(S(=O)(=O)c2ccc(C(C)(C)C)cc2)CC1. The van der Waals surface area contributed by atoms with E-state index in [1.165, 1.54) is 4.31 Å². The molecule has 1 atom stereocenters. The fourth-order valence-electron chi connectivity index (χ4n) is 3.08. The first-order chi connectivity index (χ1) is 12.5. The van der Waals surface area contributed by atoms with Crippen molar-refractivity contribution in [3.63, 3.8) is 0 Å². The number of piperazine rings is 1. The summed E-state index contributed by atoms with van der Waals surface area (Å²) in [6.45, 7) is 13.1. The molecule has 1 aromatic carbocycles. The van der Waals surface area contributed by atoms with E-state index >= 15 is 0 Å². The normalized spacial score (nSPS) is 18.8. The summed E-state index contributed by atoms with van der Waals surface area (Å²) in [6.07, 6.45) is -0.466. The van der Waals surface area contributed by atoms with E-state index in [2.05, 4.69) is 25.7 Å². The predicted molar refractivity (Wildman–Crippen MR) is 107 cm³/mol. The highest BCUT2D eigenvalue weighted by molar-refractivity contribution is 7.89. The second-order valence-corrected chi connectivity index (χ2v) is 10.5. The summed E-state index contributed by atoms with van der Waals surface area (Å²) in [5, 5.41) is 10.0. The van der Waals surface area contributed by atoms with Gasteiger partial charge in [0.2, 0.25) is 10.0 Å². The Morgan fingerprint density at radius 3 is 2.11 bits per heavy atom. The van der Waals surface area contributed by atoms with Crippen molar-refractivity contribution >= 4 is 10.0 Å². The first-order valence-corrected chi connectivity index (χ1v) is 11.1. The molecule has 154 valence electrons. The van der Waals surface area contributed by atoms with E-state index < -0.39 is 16.1 Å². The van der Waals surface area contributed by atoms with Crippen LogP contribution in [0.1, 0.15) is 40.2 Å². The lowest BCUT2D eigenvalue weighted by atomic mass is 9.87. The Morgan fingerprint density at radius 2 is 1.63 bits per heavy atom. The Balaban J connectivity index is 1.92. The van der Waals surface area contributed by atoms with Crippen LogP contribution in [0.4, 0.5) is 0 Å². The van der Waals surface area contributed by atoms with Crippen molar-refractivity contribution in [3.05, 3.63) is 29.8 Å².